The summed E-state index contributed by atoms with van der Waals surface area (Å²) < 4.78 is 6.58. The van der Waals surface area contributed by atoms with E-state index in [9.17, 15) is 0 Å². The Morgan fingerprint density at radius 3 is 2.42 bits per heavy atom. The number of H-pyrrole nitrogens is 1. The monoisotopic (exact) mass is 329 g/mol. The molecule has 0 radical (unpaired) electrons. The highest BCUT2D eigenvalue weighted by Gasteiger charge is 2.45. The molecule has 3 heteroatoms. The summed E-state index contributed by atoms with van der Waals surface area (Å²) in [5, 5.41) is 1.20. The molecule has 0 saturated heterocycles. The van der Waals surface area contributed by atoms with Crippen LogP contribution in [0.3, 0.4) is 0 Å². The largest absolute Gasteiger partial charge is 0.466 e. The van der Waals surface area contributed by atoms with Crippen LogP contribution in [0.5, 0.6) is 5.75 Å². The molecular formula is C21H15NOS. The van der Waals surface area contributed by atoms with E-state index in [-0.39, 0.29) is 0 Å². The highest BCUT2D eigenvalue weighted by Crippen LogP contribution is 2.57. The fourth-order valence-electron chi connectivity index (χ4n) is 3.33. The number of para-hydroxylation sites is 2. The molecule has 1 N–H and O–H groups in total. The Morgan fingerprint density at radius 1 is 0.792 bits per heavy atom. The molecule has 2 heterocycles. The lowest BCUT2D eigenvalue weighted by Gasteiger charge is -2.28. The van der Waals surface area contributed by atoms with E-state index in [1.165, 1.54) is 10.3 Å². The Balaban J connectivity index is 1.78. The van der Waals surface area contributed by atoms with Crippen LogP contribution in [0.25, 0.3) is 10.9 Å². The molecular weight excluding hydrogens is 314 g/mol. The number of benzene rings is 3. The molecule has 0 bridgehead atoms. The van der Waals surface area contributed by atoms with Gasteiger partial charge in [-0.15, -0.1) is 0 Å². The summed E-state index contributed by atoms with van der Waals surface area (Å²) in [4.78, 5) is 4.00. The normalized spacial score (nSPS) is 19.2. The molecule has 0 aliphatic carbocycles. The molecule has 24 heavy (non-hydrogen) atoms. The fraction of sp³-hybridized carbons (Fsp3) is 0.0476. The van der Waals surface area contributed by atoms with Crippen molar-refractivity contribution in [2.75, 3.05) is 0 Å². The first kappa shape index (κ1) is 13.8. The molecule has 1 aliphatic rings. The molecule has 0 spiro atoms. The van der Waals surface area contributed by atoms with Gasteiger partial charge in [0.05, 0.1) is 4.90 Å². The number of hydrogen-bond donors (Lipinski definition) is 1. The number of nitrogens with one attached hydrogen (secondary N) is 1. The van der Waals surface area contributed by atoms with Gasteiger partial charge in [0.15, 0.2) is 0 Å². The van der Waals surface area contributed by atoms with Gasteiger partial charge in [-0.3, -0.25) is 0 Å². The van der Waals surface area contributed by atoms with Crippen LogP contribution in [0.15, 0.2) is 90.0 Å². The maximum Gasteiger partial charge on any atom is 0.212 e. The molecule has 4 aromatic rings. The van der Waals surface area contributed by atoms with Crippen molar-refractivity contribution < 1.29 is 4.74 Å². The summed E-state index contributed by atoms with van der Waals surface area (Å²) in [6, 6.07) is 27.1. The zero-order valence-electron chi connectivity index (χ0n) is 12.9. The van der Waals surface area contributed by atoms with Gasteiger partial charge in [-0.1, -0.05) is 72.4 Å². The number of thioether (sulfide) groups is 1. The molecule has 2 nitrogen and oxygen atoms in total. The second-order valence-corrected chi connectivity index (χ2v) is 7.10. The second kappa shape index (κ2) is 5.18. The minimum absolute atomic E-state index is 0.565. The third-order valence-electron chi connectivity index (χ3n) is 4.45. The SMILES string of the molecule is c1ccc(C2(c3c[nH]c4ccccc34)Oc3ccccc3S2)cc1. The summed E-state index contributed by atoms with van der Waals surface area (Å²) in [5.41, 5.74) is 3.43. The summed E-state index contributed by atoms with van der Waals surface area (Å²) in [6.07, 6.45) is 2.08. The first-order valence-corrected chi connectivity index (χ1v) is 8.78. The van der Waals surface area contributed by atoms with Crippen LogP contribution in [0.2, 0.25) is 0 Å². The molecule has 0 saturated carbocycles. The molecule has 0 amide bonds. The van der Waals surface area contributed by atoms with Crippen molar-refractivity contribution in [3.8, 4) is 5.75 Å². The molecule has 1 atom stereocenters. The number of rotatable bonds is 2. The van der Waals surface area contributed by atoms with E-state index in [0.29, 0.717) is 0 Å². The lowest BCUT2D eigenvalue weighted by Crippen LogP contribution is -2.27. The first-order valence-electron chi connectivity index (χ1n) is 7.96. The zero-order chi connectivity index (χ0) is 16.0. The number of aromatic nitrogens is 1. The van der Waals surface area contributed by atoms with E-state index in [1.54, 1.807) is 11.8 Å². The van der Waals surface area contributed by atoms with Crippen molar-refractivity contribution in [3.63, 3.8) is 0 Å². The minimum atomic E-state index is -0.565. The van der Waals surface area contributed by atoms with Gasteiger partial charge in [-0.05, 0) is 18.2 Å². The van der Waals surface area contributed by atoms with Gasteiger partial charge in [-0.25, -0.2) is 0 Å². The van der Waals surface area contributed by atoms with E-state index in [1.807, 2.05) is 18.2 Å². The fourth-order valence-corrected chi connectivity index (χ4v) is 4.66. The Morgan fingerprint density at radius 2 is 1.54 bits per heavy atom. The maximum absolute atomic E-state index is 6.58. The standard InChI is InChI=1S/C21H15NOS/c1-2-8-15(9-3-1)21(23-19-12-6-7-13-20(19)24-21)17-14-22-18-11-5-4-10-16(17)18/h1-14,22H. The van der Waals surface area contributed by atoms with Crippen LogP contribution in [-0.2, 0) is 4.93 Å². The van der Waals surface area contributed by atoms with Crippen molar-refractivity contribution in [3.05, 3.63) is 96.2 Å². The molecule has 0 fully saturated rings. The highest BCUT2D eigenvalue weighted by molar-refractivity contribution is 8.00. The van der Waals surface area contributed by atoms with Gasteiger partial charge in [-0.2, -0.15) is 0 Å². The van der Waals surface area contributed by atoms with Crippen molar-refractivity contribution in [2.45, 2.75) is 9.83 Å². The number of ether oxygens (including phenoxy) is 1. The summed E-state index contributed by atoms with van der Waals surface area (Å²) in [7, 11) is 0. The topological polar surface area (TPSA) is 25.0 Å². The maximum atomic E-state index is 6.58. The molecule has 3 aromatic carbocycles. The Bertz CT molecular complexity index is 997. The predicted molar refractivity (Wildman–Crippen MR) is 98.4 cm³/mol. The van der Waals surface area contributed by atoms with Crippen LogP contribution in [0, 0.1) is 0 Å². The minimum Gasteiger partial charge on any atom is -0.466 e. The Kier molecular flexibility index (Phi) is 2.97. The van der Waals surface area contributed by atoms with Gasteiger partial charge < -0.3 is 9.72 Å². The van der Waals surface area contributed by atoms with Crippen LogP contribution < -0.4 is 4.74 Å². The van der Waals surface area contributed by atoms with Gasteiger partial charge in [0, 0.05) is 28.2 Å². The molecule has 1 unspecified atom stereocenters. The van der Waals surface area contributed by atoms with Crippen molar-refractivity contribution >= 4 is 22.7 Å². The third kappa shape index (κ3) is 1.91. The Hall–Kier alpha value is -2.65. The predicted octanol–water partition coefficient (Wildman–Crippen LogP) is 5.55. The molecule has 116 valence electrons. The Labute approximate surface area is 144 Å². The first-order chi connectivity index (χ1) is 11.9. The summed E-state index contributed by atoms with van der Waals surface area (Å²) in [5.74, 6) is 0.941. The summed E-state index contributed by atoms with van der Waals surface area (Å²) in [6.45, 7) is 0. The number of hydrogen-bond acceptors (Lipinski definition) is 2. The van der Waals surface area contributed by atoms with Gasteiger partial charge in [0.1, 0.15) is 5.75 Å². The third-order valence-corrected chi connectivity index (χ3v) is 5.84. The van der Waals surface area contributed by atoms with Crippen LogP contribution >= 0.6 is 11.8 Å². The van der Waals surface area contributed by atoms with Crippen molar-refractivity contribution in [2.24, 2.45) is 0 Å². The second-order valence-electron chi connectivity index (χ2n) is 5.88. The van der Waals surface area contributed by atoms with Crippen molar-refractivity contribution in [1.82, 2.24) is 4.98 Å². The van der Waals surface area contributed by atoms with Gasteiger partial charge >= 0.3 is 0 Å². The van der Waals surface area contributed by atoms with E-state index in [0.717, 1.165) is 22.4 Å². The van der Waals surface area contributed by atoms with E-state index >= 15 is 0 Å². The average Bonchev–Trinajstić information content (AvgIpc) is 3.24. The van der Waals surface area contributed by atoms with Crippen LogP contribution in [0.1, 0.15) is 11.1 Å². The molecule has 1 aromatic heterocycles. The number of fused-ring (bicyclic) bond motifs is 2. The number of aromatic amines is 1. The van der Waals surface area contributed by atoms with Crippen LogP contribution in [-0.4, -0.2) is 4.98 Å². The summed E-state index contributed by atoms with van der Waals surface area (Å²) >= 11 is 1.77. The smallest absolute Gasteiger partial charge is 0.212 e. The van der Waals surface area contributed by atoms with E-state index < -0.39 is 4.93 Å². The quantitative estimate of drug-likeness (QED) is 0.521. The van der Waals surface area contributed by atoms with E-state index in [4.69, 9.17) is 4.74 Å². The highest BCUT2D eigenvalue weighted by atomic mass is 32.2. The van der Waals surface area contributed by atoms with E-state index in [2.05, 4.69) is 71.8 Å². The lowest BCUT2D eigenvalue weighted by atomic mass is 10.00. The van der Waals surface area contributed by atoms with Gasteiger partial charge in [0.25, 0.3) is 0 Å². The van der Waals surface area contributed by atoms with Gasteiger partial charge in [0.2, 0.25) is 4.93 Å². The van der Waals surface area contributed by atoms with Crippen molar-refractivity contribution in [1.29, 1.82) is 0 Å². The lowest BCUT2D eigenvalue weighted by molar-refractivity contribution is 0.219. The molecule has 1 aliphatic heterocycles. The molecule has 5 rings (SSSR count). The zero-order valence-corrected chi connectivity index (χ0v) is 13.7. The average molecular weight is 329 g/mol. The van der Waals surface area contributed by atoms with Crippen LogP contribution in [0.4, 0.5) is 0 Å².